The van der Waals surface area contributed by atoms with Crippen molar-refractivity contribution in [1.82, 2.24) is 4.90 Å². The van der Waals surface area contributed by atoms with Crippen LogP contribution in [0.1, 0.15) is 42.0 Å². The summed E-state index contributed by atoms with van der Waals surface area (Å²) in [6, 6.07) is 14.9. The molecule has 0 saturated heterocycles. The van der Waals surface area contributed by atoms with Crippen LogP contribution in [0.15, 0.2) is 70.6 Å². The number of aliphatic carboxylic acids is 1. The minimum atomic E-state index is -0.829. The fourth-order valence-electron chi connectivity index (χ4n) is 4.09. The molecule has 0 spiro atoms. The minimum absolute atomic E-state index is 0.439. The van der Waals surface area contributed by atoms with Crippen LogP contribution >= 0.6 is 23.1 Å². The lowest BCUT2D eigenvalue weighted by molar-refractivity contribution is -0.132. The van der Waals surface area contributed by atoms with Gasteiger partial charge in [-0.25, -0.2) is 4.79 Å². The maximum absolute atomic E-state index is 11.9. The first-order chi connectivity index (χ1) is 13.7. The van der Waals surface area contributed by atoms with Gasteiger partial charge < -0.3 is 10.0 Å². The van der Waals surface area contributed by atoms with Crippen molar-refractivity contribution in [1.29, 1.82) is 0 Å². The van der Waals surface area contributed by atoms with E-state index in [0.29, 0.717) is 16.7 Å². The van der Waals surface area contributed by atoms with Gasteiger partial charge in [-0.1, -0.05) is 48.9 Å². The molecular formula is C23H25NO2S2. The zero-order valence-electron chi connectivity index (χ0n) is 15.8. The third kappa shape index (κ3) is 4.53. The number of nitrogens with zero attached hydrogens (tertiary/aromatic N) is 1. The Balaban J connectivity index is 1.53. The molecule has 1 fully saturated rings. The summed E-state index contributed by atoms with van der Waals surface area (Å²) in [5.41, 5.74) is 1.86. The Morgan fingerprint density at radius 2 is 2.04 bits per heavy atom. The molecule has 0 bridgehead atoms. The van der Waals surface area contributed by atoms with Crippen LogP contribution in [-0.4, -0.2) is 27.8 Å². The summed E-state index contributed by atoms with van der Waals surface area (Å²) in [4.78, 5) is 15.4. The van der Waals surface area contributed by atoms with Gasteiger partial charge in [-0.15, -0.1) is 23.1 Å². The molecule has 2 aliphatic rings. The molecule has 2 aromatic rings. The van der Waals surface area contributed by atoms with Crippen molar-refractivity contribution < 1.29 is 9.90 Å². The number of hydrogen-bond donors (Lipinski definition) is 1. The van der Waals surface area contributed by atoms with Gasteiger partial charge in [0, 0.05) is 16.7 Å². The highest BCUT2D eigenvalue weighted by molar-refractivity contribution is 8.03. The quantitative estimate of drug-likeness (QED) is 0.645. The van der Waals surface area contributed by atoms with E-state index in [1.165, 1.54) is 23.3 Å². The summed E-state index contributed by atoms with van der Waals surface area (Å²) < 4.78 is 0. The zero-order chi connectivity index (χ0) is 19.3. The smallest absolute Gasteiger partial charge is 0.338 e. The van der Waals surface area contributed by atoms with Crippen molar-refractivity contribution in [3.8, 4) is 0 Å². The van der Waals surface area contributed by atoms with Gasteiger partial charge in [0.05, 0.1) is 17.1 Å². The van der Waals surface area contributed by atoms with Crippen LogP contribution in [0, 0.1) is 0 Å². The summed E-state index contributed by atoms with van der Waals surface area (Å²) in [5.74, 6) is -0.253. The second kappa shape index (κ2) is 9.01. The highest BCUT2D eigenvalue weighted by Crippen LogP contribution is 2.43. The van der Waals surface area contributed by atoms with Crippen LogP contribution in [0.3, 0.4) is 0 Å². The van der Waals surface area contributed by atoms with E-state index in [-0.39, 0.29) is 0 Å². The van der Waals surface area contributed by atoms with E-state index in [2.05, 4.69) is 52.7 Å². The molecule has 28 heavy (non-hydrogen) atoms. The Bertz CT molecular complexity index is 858. The number of thiophene rings is 1. The number of carbonyl (C=O) groups is 1. The molecule has 4 rings (SSSR count). The molecule has 0 amide bonds. The molecule has 2 atom stereocenters. The highest BCUT2D eigenvalue weighted by atomic mass is 32.2. The van der Waals surface area contributed by atoms with E-state index in [0.717, 1.165) is 31.0 Å². The summed E-state index contributed by atoms with van der Waals surface area (Å²) in [6.45, 7) is 1.54. The average Bonchev–Trinajstić information content (AvgIpc) is 3.23. The van der Waals surface area contributed by atoms with Gasteiger partial charge in [0.25, 0.3) is 0 Å². The van der Waals surface area contributed by atoms with Gasteiger partial charge in [-0.05, 0) is 48.3 Å². The first kappa shape index (κ1) is 19.3. The number of carboxylic acids is 1. The molecule has 2 unspecified atom stereocenters. The number of hydrogen-bond acceptors (Lipinski definition) is 4. The predicted molar refractivity (Wildman–Crippen MR) is 118 cm³/mol. The van der Waals surface area contributed by atoms with Crippen LogP contribution in [0.25, 0.3) is 0 Å². The fourth-order valence-corrected chi connectivity index (χ4v) is 6.31. The lowest BCUT2D eigenvalue weighted by Crippen LogP contribution is -2.28. The Morgan fingerprint density at radius 1 is 1.18 bits per heavy atom. The topological polar surface area (TPSA) is 40.5 Å². The molecule has 1 N–H and O–H groups in total. The average molecular weight is 412 g/mol. The van der Waals surface area contributed by atoms with Crippen LogP contribution in [0.5, 0.6) is 0 Å². The van der Waals surface area contributed by atoms with E-state index in [1.807, 2.05) is 6.08 Å². The molecular weight excluding hydrogens is 386 g/mol. The third-order valence-corrected chi connectivity index (χ3v) is 7.78. The third-order valence-electron chi connectivity index (χ3n) is 5.46. The summed E-state index contributed by atoms with van der Waals surface area (Å²) in [7, 11) is 0. The molecule has 1 aromatic heterocycles. The molecule has 146 valence electrons. The molecule has 2 heterocycles. The lowest BCUT2D eigenvalue weighted by Gasteiger charge is -2.34. The van der Waals surface area contributed by atoms with E-state index >= 15 is 0 Å². The highest BCUT2D eigenvalue weighted by Gasteiger charge is 2.29. The molecule has 1 saturated carbocycles. The molecule has 3 nitrogen and oxygen atoms in total. The number of rotatable bonds is 6. The second-order valence-electron chi connectivity index (χ2n) is 7.40. The van der Waals surface area contributed by atoms with Crippen LogP contribution in [-0.2, 0) is 11.3 Å². The maximum Gasteiger partial charge on any atom is 0.338 e. The van der Waals surface area contributed by atoms with Gasteiger partial charge in [-0.2, -0.15) is 0 Å². The SMILES string of the molecule is O=C(O)C1=C(SC2CCCC(c3ccccc3)C2)N(Cc2cccs2)CC=C1. The van der Waals surface area contributed by atoms with Crippen molar-refractivity contribution in [2.24, 2.45) is 0 Å². The van der Waals surface area contributed by atoms with Crippen molar-refractivity contribution in [3.05, 3.63) is 81.0 Å². The Hall–Kier alpha value is -1.98. The largest absolute Gasteiger partial charge is 0.478 e. The van der Waals surface area contributed by atoms with Crippen molar-refractivity contribution in [2.45, 2.75) is 43.4 Å². The van der Waals surface area contributed by atoms with Gasteiger partial charge >= 0.3 is 5.97 Å². The van der Waals surface area contributed by atoms with Gasteiger partial charge in [0.15, 0.2) is 0 Å². The summed E-state index contributed by atoms with van der Waals surface area (Å²) in [6.07, 6.45) is 8.45. The monoisotopic (exact) mass is 411 g/mol. The molecule has 0 radical (unpaired) electrons. The lowest BCUT2D eigenvalue weighted by atomic mass is 9.84. The van der Waals surface area contributed by atoms with Crippen molar-refractivity contribution in [2.75, 3.05) is 6.54 Å². The first-order valence-electron chi connectivity index (χ1n) is 9.83. The molecule has 1 aromatic carbocycles. The van der Waals surface area contributed by atoms with E-state index in [1.54, 1.807) is 29.2 Å². The van der Waals surface area contributed by atoms with E-state index < -0.39 is 5.97 Å². The van der Waals surface area contributed by atoms with E-state index in [4.69, 9.17) is 0 Å². The Morgan fingerprint density at radius 3 is 2.79 bits per heavy atom. The van der Waals surface area contributed by atoms with Gasteiger partial charge in [0.2, 0.25) is 0 Å². The standard InChI is InChI=1S/C23H25NO2S2/c25-23(26)21-12-5-13-24(16-20-11-6-14-27-20)22(21)28-19-10-4-9-18(15-19)17-7-2-1-3-8-17/h1-3,5-8,11-12,14,18-19H,4,9-10,13,15-16H2,(H,25,26). The van der Waals surface area contributed by atoms with Crippen LogP contribution in [0.2, 0.25) is 0 Å². The Labute approximate surface area is 174 Å². The summed E-state index contributed by atoms with van der Waals surface area (Å²) in [5, 5.41) is 13.2. The molecule has 1 aliphatic heterocycles. The molecule has 1 aliphatic carbocycles. The number of thioether (sulfide) groups is 1. The van der Waals surface area contributed by atoms with Crippen molar-refractivity contribution in [3.63, 3.8) is 0 Å². The summed E-state index contributed by atoms with van der Waals surface area (Å²) >= 11 is 3.51. The van der Waals surface area contributed by atoms with E-state index in [9.17, 15) is 9.90 Å². The van der Waals surface area contributed by atoms with Crippen LogP contribution < -0.4 is 0 Å². The molecule has 5 heteroatoms. The van der Waals surface area contributed by atoms with Gasteiger partial charge in [0.1, 0.15) is 0 Å². The number of carboxylic acid groups (broad SMARTS) is 1. The zero-order valence-corrected chi connectivity index (χ0v) is 17.4. The predicted octanol–water partition coefficient (Wildman–Crippen LogP) is 5.88. The minimum Gasteiger partial charge on any atom is -0.478 e. The van der Waals surface area contributed by atoms with Gasteiger partial charge in [-0.3, -0.25) is 0 Å². The first-order valence-corrected chi connectivity index (χ1v) is 11.6. The van der Waals surface area contributed by atoms with Crippen LogP contribution in [0.4, 0.5) is 0 Å². The maximum atomic E-state index is 11.9. The Kier molecular flexibility index (Phi) is 6.23. The van der Waals surface area contributed by atoms with Crippen molar-refractivity contribution >= 4 is 29.1 Å². The fraction of sp³-hybridized carbons (Fsp3) is 0.348. The number of benzene rings is 1. The second-order valence-corrected chi connectivity index (χ2v) is 9.72. The normalized spacial score (nSPS) is 22.5.